The summed E-state index contributed by atoms with van der Waals surface area (Å²) in [6.07, 6.45) is 1.85. The molecule has 5 unspecified atom stereocenters. The van der Waals surface area contributed by atoms with Crippen molar-refractivity contribution >= 4 is 23.7 Å². The summed E-state index contributed by atoms with van der Waals surface area (Å²) in [5.41, 5.74) is 7.20. The number of carbonyl (C=O) groups excluding carboxylic acids is 3. The Bertz CT molecular complexity index is 966. The number of imidazole rings is 1. The number of hydrogen-bond donors (Lipinski definition) is 7. The van der Waals surface area contributed by atoms with Gasteiger partial charge in [0.2, 0.25) is 17.7 Å². The fourth-order valence-corrected chi connectivity index (χ4v) is 3.11. The minimum absolute atomic E-state index is 0.0587. The monoisotopic (exact) mass is 474 g/mol. The van der Waals surface area contributed by atoms with E-state index in [9.17, 15) is 29.4 Å². The minimum Gasteiger partial charge on any atom is -0.480 e. The lowest BCUT2D eigenvalue weighted by molar-refractivity contribution is -0.142. The highest BCUT2D eigenvalue weighted by Crippen LogP contribution is 2.05. The normalized spacial score (nSPS) is 15.3. The van der Waals surface area contributed by atoms with Crippen LogP contribution in [0.3, 0.4) is 0 Å². The van der Waals surface area contributed by atoms with Crippen molar-refractivity contribution in [1.82, 2.24) is 25.9 Å². The van der Waals surface area contributed by atoms with Gasteiger partial charge in [-0.3, -0.25) is 14.4 Å². The van der Waals surface area contributed by atoms with Crippen molar-refractivity contribution in [2.75, 3.05) is 0 Å². The van der Waals surface area contributed by atoms with E-state index in [1.807, 2.05) is 0 Å². The van der Waals surface area contributed by atoms with Gasteiger partial charge in [-0.15, -0.1) is 0 Å². The number of aromatic amines is 1. The molecule has 0 spiro atoms. The molecule has 0 aliphatic heterocycles. The topological polar surface area (TPSA) is 200 Å². The largest absolute Gasteiger partial charge is 0.480 e. The first-order valence-corrected chi connectivity index (χ1v) is 10.7. The van der Waals surface area contributed by atoms with E-state index in [1.54, 1.807) is 30.3 Å². The molecule has 0 saturated carbocycles. The molecule has 8 N–H and O–H groups in total. The van der Waals surface area contributed by atoms with Crippen LogP contribution in [0.1, 0.15) is 25.1 Å². The number of amides is 3. The first-order chi connectivity index (χ1) is 16.1. The molecule has 0 bridgehead atoms. The van der Waals surface area contributed by atoms with Crippen LogP contribution in [0.2, 0.25) is 0 Å². The Labute approximate surface area is 196 Å². The van der Waals surface area contributed by atoms with E-state index < -0.39 is 54.0 Å². The zero-order chi connectivity index (χ0) is 25.3. The number of nitrogens with one attached hydrogen (secondary N) is 4. The molecule has 0 saturated heterocycles. The van der Waals surface area contributed by atoms with E-state index >= 15 is 0 Å². The van der Waals surface area contributed by atoms with E-state index in [0.29, 0.717) is 5.69 Å². The number of nitrogens with zero attached hydrogens (tertiary/aromatic N) is 1. The highest BCUT2D eigenvalue weighted by atomic mass is 16.4. The van der Waals surface area contributed by atoms with Crippen molar-refractivity contribution in [2.45, 2.75) is 57.0 Å². The van der Waals surface area contributed by atoms with Crippen molar-refractivity contribution < 1.29 is 29.4 Å². The van der Waals surface area contributed by atoms with E-state index in [4.69, 9.17) is 5.73 Å². The van der Waals surface area contributed by atoms with Crippen LogP contribution in [0.4, 0.5) is 0 Å². The fourth-order valence-electron chi connectivity index (χ4n) is 3.11. The quantitative estimate of drug-likeness (QED) is 0.192. The molecule has 1 aromatic carbocycles. The molecule has 12 nitrogen and oxygen atoms in total. The van der Waals surface area contributed by atoms with Crippen molar-refractivity contribution in [3.63, 3.8) is 0 Å². The van der Waals surface area contributed by atoms with Crippen LogP contribution in [0, 0.1) is 0 Å². The van der Waals surface area contributed by atoms with Crippen LogP contribution in [-0.2, 0) is 32.0 Å². The summed E-state index contributed by atoms with van der Waals surface area (Å²) in [5.74, 6) is -3.46. The summed E-state index contributed by atoms with van der Waals surface area (Å²) < 4.78 is 0. The van der Waals surface area contributed by atoms with Crippen molar-refractivity contribution in [3.05, 3.63) is 54.1 Å². The Hall–Kier alpha value is -3.77. The average Bonchev–Trinajstić information content (AvgIpc) is 3.29. The molecule has 0 radical (unpaired) electrons. The number of carboxylic acids is 1. The molecule has 1 aromatic heterocycles. The second-order valence-corrected chi connectivity index (χ2v) is 7.93. The molecule has 2 rings (SSSR count). The Morgan fingerprint density at radius 1 is 1.00 bits per heavy atom. The molecule has 1 heterocycles. The summed E-state index contributed by atoms with van der Waals surface area (Å²) in [6.45, 7) is 2.66. The predicted octanol–water partition coefficient (Wildman–Crippen LogP) is -1.54. The maximum Gasteiger partial charge on any atom is 0.326 e. The number of aromatic nitrogens is 2. The van der Waals surface area contributed by atoms with Crippen LogP contribution < -0.4 is 21.7 Å². The van der Waals surface area contributed by atoms with Crippen LogP contribution in [0.15, 0.2) is 42.9 Å². The standard InChI is InChI=1S/C22H30N6O6/c1-12(19(30)27-17(22(33)34)8-14-6-4-3-5-7-14)26-21(32)18(13(2)29)28-20(31)16(23)9-15-10-24-11-25-15/h3-7,10-13,16-18,29H,8-9,23H2,1-2H3,(H,24,25)(H,26,32)(H,27,30)(H,28,31)(H,33,34). The summed E-state index contributed by atoms with van der Waals surface area (Å²) in [4.78, 5) is 55.8. The lowest BCUT2D eigenvalue weighted by Gasteiger charge is -2.25. The molecule has 184 valence electrons. The lowest BCUT2D eigenvalue weighted by Crippen LogP contribution is -2.59. The van der Waals surface area contributed by atoms with Crippen molar-refractivity contribution in [3.8, 4) is 0 Å². The number of hydrogen-bond acceptors (Lipinski definition) is 7. The van der Waals surface area contributed by atoms with Gasteiger partial charge in [-0.1, -0.05) is 30.3 Å². The molecule has 0 aliphatic carbocycles. The molecular weight excluding hydrogens is 444 g/mol. The second kappa shape index (κ2) is 12.5. The summed E-state index contributed by atoms with van der Waals surface area (Å²) in [7, 11) is 0. The number of benzene rings is 1. The van der Waals surface area contributed by atoms with Crippen LogP contribution in [-0.4, -0.2) is 74.1 Å². The Morgan fingerprint density at radius 2 is 1.68 bits per heavy atom. The van der Waals surface area contributed by atoms with Gasteiger partial charge in [-0.25, -0.2) is 9.78 Å². The first kappa shape index (κ1) is 26.5. The smallest absolute Gasteiger partial charge is 0.326 e. The van der Waals surface area contributed by atoms with Gasteiger partial charge in [0.25, 0.3) is 0 Å². The minimum atomic E-state index is -1.38. The lowest BCUT2D eigenvalue weighted by atomic mass is 10.1. The molecule has 34 heavy (non-hydrogen) atoms. The number of carbonyl (C=O) groups is 4. The number of aliphatic hydroxyl groups excluding tert-OH is 1. The van der Waals surface area contributed by atoms with Gasteiger partial charge in [-0.2, -0.15) is 0 Å². The third-order valence-corrected chi connectivity index (χ3v) is 5.04. The second-order valence-electron chi connectivity index (χ2n) is 7.93. The van der Waals surface area contributed by atoms with E-state index in [2.05, 4.69) is 25.9 Å². The van der Waals surface area contributed by atoms with Gasteiger partial charge in [-0.05, 0) is 19.4 Å². The van der Waals surface area contributed by atoms with Crippen molar-refractivity contribution in [1.29, 1.82) is 0 Å². The summed E-state index contributed by atoms with van der Waals surface area (Å²) >= 11 is 0. The van der Waals surface area contributed by atoms with Gasteiger partial charge >= 0.3 is 5.97 Å². The number of aliphatic hydroxyl groups is 1. The SMILES string of the molecule is CC(NC(=O)C(NC(=O)C(N)Cc1cnc[nH]1)C(C)O)C(=O)NC(Cc1ccccc1)C(=O)O. The Kier molecular flexibility index (Phi) is 9.71. The summed E-state index contributed by atoms with van der Waals surface area (Å²) in [5, 5.41) is 26.6. The van der Waals surface area contributed by atoms with Gasteiger partial charge in [0.1, 0.15) is 18.1 Å². The summed E-state index contributed by atoms with van der Waals surface area (Å²) in [6, 6.07) is 4.04. The number of aliphatic carboxylic acids is 1. The third-order valence-electron chi connectivity index (χ3n) is 5.04. The molecule has 12 heteroatoms. The van der Waals surface area contributed by atoms with Crippen LogP contribution >= 0.6 is 0 Å². The maximum absolute atomic E-state index is 12.6. The molecule has 2 aromatic rings. The third kappa shape index (κ3) is 7.98. The number of nitrogens with two attached hydrogens (primary N) is 1. The first-order valence-electron chi connectivity index (χ1n) is 10.7. The highest BCUT2D eigenvalue weighted by molar-refractivity contribution is 5.94. The molecule has 5 atom stereocenters. The van der Waals surface area contributed by atoms with Gasteiger partial charge in [0.15, 0.2) is 0 Å². The highest BCUT2D eigenvalue weighted by Gasteiger charge is 2.31. The van der Waals surface area contributed by atoms with E-state index in [0.717, 1.165) is 5.56 Å². The number of H-pyrrole nitrogens is 1. The molecule has 0 aliphatic rings. The molecular formula is C22H30N6O6. The average molecular weight is 475 g/mol. The van der Waals surface area contributed by atoms with Gasteiger partial charge in [0, 0.05) is 24.7 Å². The van der Waals surface area contributed by atoms with Crippen molar-refractivity contribution in [2.24, 2.45) is 5.73 Å². The fraction of sp³-hybridized carbons (Fsp3) is 0.409. The zero-order valence-corrected chi connectivity index (χ0v) is 18.9. The Balaban J connectivity index is 1.94. The Morgan fingerprint density at radius 3 is 2.24 bits per heavy atom. The zero-order valence-electron chi connectivity index (χ0n) is 18.9. The number of rotatable bonds is 12. The van der Waals surface area contributed by atoms with E-state index in [-0.39, 0.29) is 12.8 Å². The molecule has 3 amide bonds. The van der Waals surface area contributed by atoms with Gasteiger partial charge in [0.05, 0.1) is 18.5 Å². The van der Waals surface area contributed by atoms with E-state index in [1.165, 1.54) is 26.4 Å². The van der Waals surface area contributed by atoms with Crippen LogP contribution in [0.25, 0.3) is 0 Å². The molecule has 0 fully saturated rings. The number of carboxylic acid groups (broad SMARTS) is 1. The van der Waals surface area contributed by atoms with Crippen LogP contribution in [0.5, 0.6) is 0 Å². The predicted molar refractivity (Wildman–Crippen MR) is 121 cm³/mol. The van der Waals surface area contributed by atoms with Gasteiger partial charge < -0.3 is 36.9 Å². The maximum atomic E-state index is 12.6.